The average Bonchev–Trinajstić information content (AvgIpc) is 3.26. The van der Waals surface area contributed by atoms with E-state index in [1.165, 1.54) is 7.11 Å². The second kappa shape index (κ2) is 10.3. The van der Waals surface area contributed by atoms with Gasteiger partial charge in [0.15, 0.2) is 6.61 Å². The first-order chi connectivity index (χ1) is 14.6. The van der Waals surface area contributed by atoms with E-state index in [-0.39, 0.29) is 18.3 Å². The maximum absolute atomic E-state index is 12.1. The van der Waals surface area contributed by atoms with Gasteiger partial charge in [-0.2, -0.15) is 0 Å². The summed E-state index contributed by atoms with van der Waals surface area (Å²) in [5, 5.41) is 11.0. The third kappa shape index (κ3) is 5.98. The topological polar surface area (TPSA) is 113 Å². The van der Waals surface area contributed by atoms with Crippen LogP contribution in [-0.2, 0) is 14.3 Å². The molecule has 0 aliphatic heterocycles. The smallest absolute Gasteiger partial charge is 0.343 e. The highest BCUT2D eigenvalue weighted by Crippen LogP contribution is 2.25. The molecular formula is C20H19N3O6S. The number of nitrogens with zero attached hydrogens (tertiary/aromatic N) is 2. The summed E-state index contributed by atoms with van der Waals surface area (Å²) in [6.07, 6.45) is 0. The zero-order valence-corrected chi connectivity index (χ0v) is 17.1. The Labute approximate surface area is 176 Å². The van der Waals surface area contributed by atoms with Crippen LogP contribution in [0.5, 0.6) is 11.5 Å². The summed E-state index contributed by atoms with van der Waals surface area (Å²) in [5.74, 6) is 0.985. The first kappa shape index (κ1) is 21.2. The van der Waals surface area contributed by atoms with Crippen LogP contribution in [0.1, 0.15) is 0 Å². The van der Waals surface area contributed by atoms with Crippen LogP contribution in [0.2, 0.25) is 0 Å². The van der Waals surface area contributed by atoms with Crippen LogP contribution in [0.15, 0.2) is 58.2 Å². The van der Waals surface area contributed by atoms with Crippen LogP contribution in [0.4, 0.5) is 5.69 Å². The molecule has 1 heterocycles. The quantitative estimate of drug-likeness (QED) is 0.405. The molecule has 1 N–H and O–H groups in total. The van der Waals surface area contributed by atoms with E-state index in [9.17, 15) is 9.59 Å². The number of rotatable bonds is 9. The number of methoxy groups -OCH3 is 2. The molecule has 0 aliphatic carbocycles. The molecule has 0 saturated heterocycles. The molecule has 30 heavy (non-hydrogen) atoms. The lowest BCUT2D eigenvalue weighted by atomic mass is 10.2. The van der Waals surface area contributed by atoms with Crippen LogP contribution in [0.25, 0.3) is 11.5 Å². The standard InChI is InChI=1S/C20H19N3O6S/c1-26-15-7-3-13(4-8-15)19-22-23-20(29-19)30-12-17(24)21-14-5-9-16(10-6-14)28-11-18(25)27-2/h3-10H,11-12H2,1-2H3,(H,21,24). The molecule has 1 aromatic heterocycles. The van der Waals surface area contributed by atoms with Crippen LogP contribution in [0, 0.1) is 0 Å². The molecule has 3 rings (SSSR count). The van der Waals surface area contributed by atoms with Crippen LogP contribution < -0.4 is 14.8 Å². The number of anilines is 1. The van der Waals surface area contributed by atoms with Gasteiger partial charge in [-0.15, -0.1) is 10.2 Å². The minimum absolute atomic E-state index is 0.102. The fourth-order valence-electron chi connectivity index (χ4n) is 2.28. The van der Waals surface area contributed by atoms with Gasteiger partial charge in [0.05, 0.1) is 20.0 Å². The highest BCUT2D eigenvalue weighted by Gasteiger charge is 2.12. The number of amides is 1. The molecule has 0 fully saturated rings. The Morgan fingerprint density at radius 3 is 2.37 bits per heavy atom. The van der Waals surface area contributed by atoms with Crippen molar-refractivity contribution < 1.29 is 28.2 Å². The van der Waals surface area contributed by atoms with Gasteiger partial charge in [-0.1, -0.05) is 11.8 Å². The molecular weight excluding hydrogens is 410 g/mol. The van der Waals surface area contributed by atoms with Crippen molar-refractivity contribution in [3.63, 3.8) is 0 Å². The van der Waals surface area contributed by atoms with Crippen molar-refractivity contribution in [2.24, 2.45) is 0 Å². The summed E-state index contributed by atoms with van der Waals surface area (Å²) in [7, 11) is 2.88. The molecule has 0 atom stereocenters. The maximum Gasteiger partial charge on any atom is 0.343 e. The molecule has 1 amide bonds. The van der Waals surface area contributed by atoms with Gasteiger partial charge < -0.3 is 23.9 Å². The molecule has 0 radical (unpaired) electrons. The lowest BCUT2D eigenvalue weighted by Gasteiger charge is -2.07. The van der Waals surface area contributed by atoms with Crippen LogP contribution >= 0.6 is 11.8 Å². The lowest BCUT2D eigenvalue weighted by Crippen LogP contribution is -2.14. The van der Waals surface area contributed by atoms with Gasteiger partial charge in [-0.05, 0) is 48.5 Å². The van der Waals surface area contributed by atoms with E-state index in [0.717, 1.165) is 23.1 Å². The van der Waals surface area contributed by atoms with E-state index >= 15 is 0 Å². The number of esters is 1. The molecule has 0 aliphatic rings. The van der Waals surface area contributed by atoms with E-state index in [1.54, 1.807) is 43.5 Å². The van der Waals surface area contributed by atoms with Crippen LogP contribution in [0.3, 0.4) is 0 Å². The number of benzene rings is 2. The highest BCUT2D eigenvalue weighted by atomic mass is 32.2. The molecule has 2 aromatic carbocycles. The summed E-state index contributed by atoms with van der Waals surface area (Å²) in [6.45, 7) is -0.179. The number of carbonyl (C=O) groups is 2. The molecule has 3 aromatic rings. The van der Waals surface area contributed by atoms with Crippen molar-refractivity contribution in [3.8, 4) is 23.0 Å². The number of ether oxygens (including phenoxy) is 3. The molecule has 0 spiro atoms. The minimum atomic E-state index is -0.472. The SMILES string of the molecule is COC(=O)COc1ccc(NC(=O)CSc2nnc(-c3ccc(OC)cc3)o2)cc1. The zero-order valence-electron chi connectivity index (χ0n) is 16.3. The van der Waals surface area contributed by atoms with E-state index in [1.807, 2.05) is 12.1 Å². The van der Waals surface area contributed by atoms with Crippen molar-refractivity contribution in [3.05, 3.63) is 48.5 Å². The van der Waals surface area contributed by atoms with Gasteiger partial charge in [0, 0.05) is 11.3 Å². The third-order valence-electron chi connectivity index (χ3n) is 3.79. The Hall–Kier alpha value is -3.53. The molecule has 0 bridgehead atoms. The summed E-state index contributed by atoms with van der Waals surface area (Å²) in [4.78, 5) is 23.2. The number of nitrogens with one attached hydrogen (secondary N) is 1. The van der Waals surface area contributed by atoms with Crippen molar-refractivity contribution in [2.45, 2.75) is 5.22 Å². The number of thioether (sulfide) groups is 1. The molecule has 9 nitrogen and oxygen atoms in total. The fraction of sp³-hybridized carbons (Fsp3) is 0.200. The Balaban J connectivity index is 1.47. The lowest BCUT2D eigenvalue weighted by molar-refractivity contribution is -0.142. The zero-order chi connectivity index (χ0) is 21.3. The molecule has 10 heteroatoms. The van der Waals surface area contributed by atoms with E-state index < -0.39 is 5.97 Å². The van der Waals surface area contributed by atoms with E-state index in [0.29, 0.717) is 22.6 Å². The first-order valence-corrected chi connectivity index (χ1v) is 9.76. The monoisotopic (exact) mass is 429 g/mol. The highest BCUT2D eigenvalue weighted by molar-refractivity contribution is 7.99. The maximum atomic E-state index is 12.1. The summed E-state index contributed by atoms with van der Waals surface area (Å²) in [5.41, 5.74) is 1.35. The van der Waals surface area contributed by atoms with Crippen molar-refractivity contribution >= 4 is 29.3 Å². The van der Waals surface area contributed by atoms with Crippen molar-refractivity contribution in [2.75, 3.05) is 31.9 Å². The number of aromatic nitrogens is 2. The number of hydrogen-bond acceptors (Lipinski definition) is 9. The van der Waals surface area contributed by atoms with Gasteiger partial charge in [-0.25, -0.2) is 4.79 Å². The second-order valence-corrected chi connectivity index (χ2v) is 6.75. The van der Waals surface area contributed by atoms with E-state index in [2.05, 4.69) is 20.3 Å². The Kier molecular flexibility index (Phi) is 7.28. The fourth-order valence-corrected chi connectivity index (χ4v) is 2.84. The summed E-state index contributed by atoms with van der Waals surface area (Å²) in [6, 6.07) is 13.8. The average molecular weight is 429 g/mol. The number of hydrogen-bond donors (Lipinski definition) is 1. The largest absolute Gasteiger partial charge is 0.497 e. The normalized spacial score (nSPS) is 10.3. The third-order valence-corrected chi connectivity index (χ3v) is 4.61. The predicted molar refractivity (Wildman–Crippen MR) is 110 cm³/mol. The Morgan fingerprint density at radius 1 is 1.00 bits per heavy atom. The van der Waals surface area contributed by atoms with E-state index in [4.69, 9.17) is 13.9 Å². The molecule has 0 unspecified atom stereocenters. The van der Waals surface area contributed by atoms with Crippen molar-refractivity contribution in [1.29, 1.82) is 0 Å². The summed E-state index contributed by atoms with van der Waals surface area (Å²) >= 11 is 1.13. The minimum Gasteiger partial charge on any atom is -0.497 e. The van der Waals surface area contributed by atoms with Gasteiger partial charge in [0.2, 0.25) is 11.8 Å². The Morgan fingerprint density at radius 2 is 1.70 bits per heavy atom. The van der Waals surface area contributed by atoms with Gasteiger partial charge in [0.1, 0.15) is 11.5 Å². The van der Waals surface area contributed by atoms with Gasteiger partial charge in [-0.3, -0.25) is 4.79 Å². The van der Waals surface area contributed by atoms with Gasteiger partial charge >= 0.3 is 5.97 Å². The first-order valence-electron chi connectivity index (χ1n) is 8.77. The Bertz CT molecular complexity index is 989. The van der Waals surface area contributed by atoms with Gasteiger partial charge in [0.25, 0.3) is 5.22 Å². The predicted octanol–water partition coefficient (Wildman–Crippen LogP) is 3.03. The summed E-state index contributed by atoms with van der Waals surface area (Å²) < 4.78 is 20.4. The molecule has 0 saturated carbocycles. The molecule has 156 valence electrons. The number of carbonyl (C=O) groups excluding carboxylic acids is 2. The van der Waals surface area contributed by atoms with Crippen molar-refractivity contribution in [1.82, 2.24) is 10.2 Å². The second-order valence-electron chi connectivity index (χ2n) is 5.83. The van der Waals surface area contributed by atoms with Crippen LogP contribution in [-0.4, -0.2) is 48.7 Å².